The van der Waals surface area contributed by atoms with Gasteiger partial charge in [0.1, 0.15) is 6.54 Å². The highest BCUT2D eigenvalue weighted by molar-refractivity contribution is 5.76. The van der Waals surface area contributed by atoms with Crippen LogP contribution in [0.25, 0.3) is 0 Å². The third kappa shape index (κ3) is 4.73. The molecule has 0 bridgehead atoms. The smallest absolute Gasteiger partial charge is 0.220 e. The molecule has 1 aliphatic heterocycles. The van der Waals surface area contributed by atoms with E-state index in [4.69, 9.17) is 4.42 Å². The van der Waals surface area contributed by atoms with Gasteiger partial charge in [0.2, 0.25) is 5.91 Å². The zero-order chi connectivity index (χ0) is 17.9. The van der Waals surface area contributed by atoms with Crippen LogP contribution >= 0.6 is 0 Å². The Morgan fingerprint density at radius 2 is 1.96 bits per heavy atom. The third-order valence-corrected chi connectivity index (χ3v) is 4.83. The van der Waals surface area contributed by atoms with Gasteiger partial charge in [-0.1, -0.05) is 45.0 Å². The molecule has 2 N–H and O–H groups in total. The number of rotatable bonds is 5. The van der Waals surface area contributed by atoms with Crippen LogP contribution in [0, 0.1) is 5.41 Å². The van der Waals surface area contributed by atoms with E-state index >= 15 is 0 Å². The van der Waals surface area contributed by atoms with Crippen LogP contribution in [0.3, 0.4) is 0 Å². The molecule has 2 heterocycles. The molecular weight excluding hydrogens is 312 g/mol. The predicted molar refractivity (Wildman–Crippen MR) is 98.2 cm³/mol. The second-order valence-corrected chi connectivity index (χ2v) is 8.21. The lowest BCUT2D eigenvalue weighted by Crippen LogP contribution is -3.12. The van der Waals surface area contributed by atoms with Crippen LogP contribution in [0.2, 0.25) is 0 Å². The highest BCUT2D eigenvalue weighted by Crippen LogP contribution is 2.19. The summed E-state index contributed by atoms with van der Waals surface area (Å²) in [6.07, 6.45) is 3.32. The summed E-state index contributed by atoms with van der Waals surface area (Å²) in [5, 5.41) is 3.13. The number of amides is 1. The van der Waals surface area contributed by atoms with Gasteiger partial charge < -0.3 is 14.6 Å². The molecule has 1 aromatic carbocycles. The van der Waals surface area contributed by atoms with E-state index in [0.29, 0.717) is 13.0 Å². The van der Waals surface area contributed by atoms with Gasteiger partial charge in [-0.3, -0.25) is 4.79 Å². The monoisotopic (exact) mass is 341 g/mol. The number of carbonyl (C=O) groups excluding carboxylic acids is 1. The number of carbonyl (C=O) groups is 1. The number of nitrogens with one attached hydrogen (secondary N) is 2. The van der Waals surface area contributed by atoms with Crippen molar-refractivity contribution in [3.63, 3.8) is 0 Å². The Kier molecular flexibility index (Phi) is 5.28. The first kappa shape index (κ1) is 17.7. The van der Waals surface area contributed by atoms with Gasteiger partial charge in [0.25, 0.3) is 0 Å². The Balaban J connectivity index is 1.70. The molecule has 0 saturated carbocycles. The molecule has 0 fully saturated rings. The molecule has 1 aliphatic rings. The molecule has 0 saturated heterocycles. The van der Waals surface area contributed by atoms with Gasteiger partial charge >= 0.3 is 0 Å². The molecule has 0 radical (unpaired) electrons. The number of hydrogen-bond acceptors (Lipinski definition) is 2. The van der Waals surface area contributed by atoms with Crippen LogP contribution in [0.4, 0.5) is 0 Å². The quantitative estimate of drug-likeness (QED) is 0.878. The van der Waals surface area contributed by atoms with E-state index in [1.165, 1.54) is 16.0 Å². The molecular formula is C21H29N2O2+. The molecule has 0 spiro atoms. The number of fused-ring (bicyclic) bond motifs is 1. The van der Waals surface area contributed by atoms with Gasteiger partial charge in [-0.25, -0.2) is 0 Å². The van der Waals surface area contributed by atoms with Crippen LogP contribution in [0.1, 0.15) is 50.1 Å². The number of hydrogen-bond donors (Lipinski definition) is 2. The Morgan fingerprint density at radius 3 is 2.64 bits per heavy atom. The minimum atomic E-state index is 0.00117. The summed E-state index contributed by atoms with van der Waals surface area (Å²) in [7, 11) is 0. The molecule has 0 aliphatic carbocycles. The van der Waals surface area contributed by atoms with Gasteiger partial charge in [-0.05, 0) is 23.1 Å². The van der Waals surface area contributed by atoms with E-state index < -0.39 is 0 Å². The standard InChI is InChI=1S/C21H28N2O2/c1-21(2,3)13-20(24)22-14-18(19-9-6-12-25-19)23-11-10-16-7-4-5-8-17(16)15-23/h4-9,12,18H,10-11,13-15H2,1-3H3,(H,22,24)/p+1/t18-/m0/s1. The first-order valence-electron chi connectivity index (χ1n) is 9.14. The highest BCUT2D eigenvalue weighted by Gasteiger charge is 2.30. The van der Waals surface area contributed by atoms with Crippen molar-refractivity contribution in [2.45, 2.75) is 46.2 Å². The number of quaternary nitrogens is 1. The van der Waals surface area contributed by atoms with Crippen molar-refractivity contribution in [1.29, 1.82) is 0 Å². The van der Waals surface area contributed by atoms with Crippen molar-refractivity contribution >= 4 is 5.91 Å². The minimum Gasteiger partial charge on any atom is -0.463 e. The average Bonchev–Trinajstić information content (AvgIpc) is 3.07. The highest BCUT2D eigenvalue weighted by atomic mass is 16.3. The lowest BCUT2D eigenvalue weighted by Gasteiger charge is -2.32. The molecule has 3 rings (SSSR count). The molecule has 1 amide bonds. The van der Waals surface area contributed by atoms with E-state index in [0.717, 1.165) is 25.3 Å². The largest absolute Gasteiger partial charge is 0.463 e. The van der Waals surface area contributed by atoms with E-state index in [-0.39, 0.29) is 17.4 Å². The third-order valence-electron chi connectivity index (χ3n) is 4.83. The van der Waals surface area contributed by atoms with Gasteiger partial charge in [0.05, 0.1) is 19.4 Å². The van der Waals surface area contributed by atoms with Crippen molar-refractivity contribution in [2.75, 3.05) is 13.1 Å². The second-order valence-electron chi connectivity index (χ2n) is 8.21. The fourth-order valence-electron chi connectivity index (χ4n) is 3.60. The van der Waals surface area contributed by atoms with Gasteiger partial charge in [0, 0.05) is 18.4 Å². The Morgan fingerprint density at radius 1 is 1.20 bits per heavy atom. The fraction of sp³-hybridized carbons (Fsp3) is 0.476. The second kappa shape index (κ2) is 7.44. The molecule has 1 unspecified atom stereocenters. The minimum absolute atomic E-state index is 0.00117. The number of furan rings is 1. The molecule has 25 heavy (non-hydrogen) atoms. The summed E-state index contributed by atoms with van der Waals surface area (Å²) in [5.74, 6) is 1.06. The predicted octanol–water partition coefficient (Wildman–Crippen LogP) is 2.51. The topological polar surface area (TPSA) is 46.7 Å². The lowest BCUT2D eigenvalue weighted by molar-refractivity contribution is -0.946. The summed E-state index contributed by atoms with van der Waals surface area (Å²) < 4.78 is 5.70. The first-order chi connectivity index (χ1) is 11.9. The maximum absolute atomic E-state index is 12.3. The SMILES string of the molecule is CC(C)(C)CC(=O)NC[C@@H](c1ccco1)[NH+]1CCc2ccccc2C1. The molecule has 1 aromatic heterocycles. The zero-order valence-electron chi connectivity index (χ0n) is 15.5. The van der Waals surface area contributed by atoms with Crippen LogP contribution in [-0.2, 0) is 17.8 Å². The molecule has 2 atom stereocenters. The molecule has 4 nitrogen and oxygen atoms in total. The normalized spacial score (nSPS) is 18.4. The van der Waals surface area contributed by atoms with Crippen LogP contribution < -0.4 is 10.2 Å². The molecule has 4 heteroatoms. The fourth-order valence-corrected chi connectivity index (χ4v) is 3.60. The van der Waals surface area contributed by atoms with Gasteiger partial charge in [0.15, 0.2) is 11.8 Å². The van der Waals surface area contributed by atoms with Crippen molar-refractivity contribution in [2.24, 2.45) is 5.41 Å². The molecule has 2 aromatic rings. The summed E-state index contributed by atoms with van der Waals surface area (Å²) in [6.45, 7) is 8.89. The van der Waals surface area contributed by atoms with Crippen LogP contribution in [0.15, 0.2) is 47.1 Å². The first-order valence-corrected chi connectivity index (χ1v) is 9.14. The van der Waals surface area contributed by atoms with Gasteiger partial charge in [-0.15, -0.1) is 0 Å². The maximum atomic E-state index is 12.3. The van der Waals surface area contributed by atoms with Crippen molar-refractivity contribution in [3.05, 3.63) is 59.5 Å². The van der Waals surface area contributed by atoms with E-state index in [2.05, 4.69) is 50.4 Å². The van der Waals surface area contributed by atoms with Crippen molar-refractivity contribution in [1.82, 2.24) is 5.32 Å². The van der Waals surface area contributed by atoms with E-state index in [1.54, 1.807) is 6.26 Å². The van der Waals surface area contributed by atoms with Crippen molar-refractivity contribution in [3.8, 4) is 0 Å². The van der Waals surface area contributed by atoms with Crippen LogP contribution in [-0.4, -0.2) is 19.0 Å². The van der Waals surface area contributed by atoms with Crippen molar-refractivity contribution < 1.29 is 14.1 Å². The zero-order valence-corrected chi connectivity index (χ0v) is 15.5. The Bertz CT molecular complexity index is 701. The lowest BCUT2D eigenvalue weighted by atomic mass is 9.92. The number of benzene rings is 1. The molecule has 134 valence electrons. The summed E-state index contributed by atoms with van der Waals surface area (Å²) >= 11 is 0. The average molecular weight is 341 g/mol. The maximum Gasteiger partial charge on any atom is 0.220 e. The van der Waals surface area contributed by atoms with E-state index in [1.807, 2.05) is 12.1 Å². The van der Waals surface area contributed by atoms with E-state index in [9.17, 15) is 4.79 Å². The summed E-state index contributed by atoms with van der Waals surface area (Å²) in [5.41, 5.74) is 2.85. The Labute approximate surface area is 150 Å². The van der Waals surface area contributed by atoms with Crippen LogP contribution in [0.5, 0.6) is 0 Å². The van der Waals surface area contributed by atoms with Gasteiger partial charge in [-0.2, -0.15) is 0 Å². The summed E-state index contributed by atoms with van der Waals surface area (Å²) in [6, 6.07) is 12.7. The summed E-state index contributed by atoms with van der Waals surface area (Å²) in [4.78, 5) is 13.7. The Hall–Kier alpha value is -2.07.